The molecule has 102 valence electrons. The molecular weight excluding hydrogens is 226 g/mol. The Morgan fingerprint density at radius 2 is 1.61 bits per heavy atom. The number of aliphatic hydroxyl groups is 1. The highest BCUT2D eigenvalue weighted by atomic mass is 16.3. The van der Waals surface area contributed by atoms with Crippen LogP contribution in [0.1, 0.15) is 51.4 Å². The fourth-order valence-corrected chi connectivity index (χ4v) is 4.16. The van der Waals surface area contributed by atoms with Gasteiger partial charge in [-0.05, 0) is 37.5 Å². The Balaban J connectivity index is 1.44. The molecule has 3 saturated carbocycles. The van der Waals surface area contributed by atoms with Gasteiger partial charge in [-0.25, -0.2) is 0 Å². The second-order valence-corrected chi connectivity index (χ2v) is 6.49. The molecule has 3 aliphatic rings. The van der Waals surface area contributed by atoms with E-state index in [0.717, 1.165) is 19.3 Å². The summed E-state index contributed by atoms with van der Waals surface area (Å²) in [5.74, 6) is 2.26. The van der Waals surface area contributed by atoms with Crippen LogP contribution in [0.4, 0.5) is 0 Å². The lowest BCUT2D eigenvalue weighted by Gasteiger charge is -2.27. The fraction of sp³-hybridized carbons (Fsp3) is 0.933. The second kappa shape index (κ2) is 5.20. The van der Waals surface area contributed by atoms with Gasteiger partial charge >= 0.3 is 0 Å². The highest BCUT2D eigenvalue weighted by Crippen LogP contribution is 2.55. The van der Waals surface area contributed by atoms with Crippen LogP contribution in [0.5, 0.6) is 0 Å². The number of hydrogen-bond donors (Lipinski definition) is 2. The minimum Gasteiger partial charge on any atom is -0.393 e. The molecule has 0 spiro atoms. The molecule has 0 aromatic rings. The van der Waals surface area contributed by atoms with Gasteiger partial charge in [0.1, 0.15) is 0 Å². The molecule has 3 aliphatic carbocycles. The molecule has 18 heavy (non-hydrogen) atoms. The van der Waals surface area contributed by atoms with E-state index in [4.69, 9.17) is 0 Å². The number of aliphatic hydroxyl groups excluding tert-OH is 1. The predicted octanol–water partition coefficient (Wildman–Crippen LogP) is 2.09. The summed E-state index contributed by atoms with van der Waals surface area (Å²) in [5.41, 5.74) is 0. The molecular formula is C15H25NO2. The Morgan fingerprint density at radius 1 is 1.00 bits per heavy atom. The smallest absolute Gasteiger partial charge is 0.223 e. The molecule has 0 heterocycles. The molecule has 3 nitrogen and oxygen atoms in total. The molecule has 0 aromatic carbocycles. The zero-order valence-corrected chi connectivity index (χ0v) is 11.1. The molecule has 3 rings (SSSR count). The third-order valence-corrected chi connectivity index (χ3v) is 5.37. The molecule has 4 unspecified atom stereocenters. The lowest BCUT2D eigenvalue weighted by Crippen LogP contribution is -2.37. The van der Waals surface area contributed by atoms with Gasteiger partial charge in [-0.1, -0.05) is 25.7 Å². The molecule has 0 radical (unpaired) electrons. The Bertz CT molecular complexity index is 306. The fourth-order valence-electron chi connectivity index (χ4n) is 4.16. The zero-order valence-electron chi connectivity index (χ0n) is 11.1. The van der Waals surface area contributed by atoms with Gasteiger partial charge in [-0.15, -0.1) is 0 Å². The van der Waals surface area contributed by atoms with E-state index < -0.39 is 0 Å². The Hall–Kier alpha value is -0.570. The van der Waals surface area contributed by atoms with Crippen molar-refractivity contribution in [2.24, 2.45) is 23.7 Å². The Morgan fingerprint density at radius 3 is 2.28 bits per heavy atom. The third-order valence-electron chi connectivity index (χ3n) is 5.37. The number of fused-ring (bicyclic) bond motifs is 1. The normalized spacial score (nSPS) is 43.1. The van der Waals surface area contributed by atoms with Crippen molar-refractivity contribution in [3.05, 3.63) is 0 Å². The first-order valence-corrected chi connectivity index (χ1v) is 7.73. The van der Waals surface area contributed by atoms with Crippen molar-refractivity contribution >= 4 is 5.91 Å². The van der Waals surface area contributed by atoms with Crippen molar-refractivity contribution in [1.29, 1.82) is 0 Å². The van der Waals surface area contributed by atoms with E-state index in [2.05, 4.69) is 5.32 Å². The second-order valence-electron chi connectivity index (χ2n) is 6.49. The molecule has 0 aromatic heterocycles. The standard InChI is InChI=1S/C15H25NO2/c17-13-8-4-1-5-10(13)9-16-15(18)14-11-6-2-3-7-12(11)14/h10-14,17H,1-9H2,(H,16,18). The Labute approximate surface area is 109 Å². The molecule has 2 N–H and O–H groups in total. The SMILES string of the molecule is O=C(NCC1CCCCC1O)C1C2CCCCC21. The summed E-state index contributed by atoms with van der Waals surface area (Å²) in [6.45, 7) is 0.690. The van der Waals surface area contributed by atoms with Crippen molar-refractivity contribution in [1.82, 2.24) is 5.32 Å². The van der Waals surface area contributed by atoms with Gasteiger partial charge in [-0.2, -0.15) is 0 Å². The van der Waals surface area contributed by atoms with Gasteiger partial charge < -0.3 is 10.4 Å². The largest absolute Gasteiger partial charge is 0.393 e. The van der Waals surface area contributed by atoms with Gasteiger partial charge in [0.25, 0.3) is 0 Å². The van der Waals surface area contributed by atoms with Crippen LogP contribution in [0.15, 0.2) is 0 Å². The highest BCUT2D eigenvalue weighted by Gasteiger charge is 2.54. The molecule has 0 bridgehead atoms. The van der Waals surface area contributed by atoms with Crippen LogP contribution in [0.3, 0.4) is 0 Å². The average Bonchev–Trinajstić information content (AvgIpc) is 3.12. The van der Waals surface area contributed by atoms with Crippen LogP contribution in [-0.2, 0) is 4.79 Å². The summed E-state index contributed by atoms with van der Waals surface area (Å²) >= 11 is 0. The molecule has 1 amide bonds. The summed E-state index contributed by atoms with van der Waals surface area (Å²) in [6.07, 6.45) is 9.27. The first kappa shape index (κ1) is 12.5. The van der Waals surface area contributed by atoms with E-state index in [1.54, 1.807) is 0 Å². The van der Waals surface area contributed by atoms with Gasteiger partial charge in [0.2, 0.25) is 5.91 Å². The van der Waals surface area contributed by atoms with E-state index in [-0.39, 0.29) is 12.0 Å². The quantitative estimate of drug-likeness (QED) is 0.807. The molecule has 0 saturated heterocycles. The summed E-state index contributed by atoms with van der Waals surface area (Å²) < 4.78 is 0. The zero-order chi connectivity index (χ0) is 12.5. The van der Waals surface area contributed by atoms with Crippen molar-refractivity contribution in [3.8, 4) is 0 Å². The molecule has 3 heteroatoms. The maximum atomic E-state index is 12.1. The van der Waals surface area contributed by atoms with Crippen molar-refractivity contribution in [2.45, 2.75) is 57.5 Å². The first-order valence-electron chi connectivity index (χ1n) is 7.73. The van der Waals surface area contributed by atoms with Gasteiger partial charge in [0.15, 0.2) is 0 Å². The molecule has 3 fully saturated rings. The minimum absolute atomic E-state index is 0.194. The van der Waals surface area contributed by atoms with E-state index in [9.17, 15) is 9.90 Å². The number of nitrogens with one attached hydrogen (secondary N) is 1. The van der Waals surface area contributed by atoms with E-state index in [1.807, 2.05) is 0 Å². The van der Waals surface area contributed by atoms with Crippen molar-refractivity contribution < 1.29 is 9.90 Å². The van der Waals surface area contributed by atoms with Crippen LogP contribution >= 0.6 is 0 Å². The molecule has 4 atom stereocenters. The topological polar surface area (TPSA) is 49.3 Å². The lowest BCUT2D eigenvalue weighted by molar-refractivity contribution is -0.123. The van der Waals surface area contributed by atoms with Crippen molar-refractivity contribution in [3.63, 3.8) is 0 Å². The number of amides is 1. The van der Waals surface area contributed by atoms with Crippen molar-refractivity contribution in [2.75, 3.05) is 6.54 Å². The van der Waals surface area contributed by atoms with E-state index in [1.165, 1.54) is 32.1 Å². The van der Waals surface area contributed by atoms with Gasteiger partial charge in [0, 0.05) is 18.4 Å². The third kappa shape index (κ3) is 2.42. The highest BCUT2D eigenvalue weighted by molar-refractivity contribution is 5.82. The minimum atomic E-state index is -0.194. The molecule has 0 aliphatic heterocycles. The number of carbonyl (C=O) groups is 1. The van der Waals surface area contributed by atoms with E-state index in [0.29, 0.717) is 30.2 Å². The summed E-state index contributed by atoms with van der Waals surface area (Å²) in [6, 6.07) is 0. The van der Waals surface area contributed by atoms with Gasteiger partial charge in [0.05, 0.1) is 6.10 Å². The van der Waals surface area contributed by atoms with Crippen LogP contribution in [-0.4, -0.2) is 23.7 Å². The monoisotopic (exact) mass is 251 g/mol. The first-order chi connectivity index (χ1) is 8.77. The number of carbonyl (C=O) groups excluding carboxylic acids is 1. The average molecular weight is 251 g/mol. The predicted molar refractivity (Wildman–Crippen MR) is 69.9 cm³/mol. The maximum Gasteiger partial charge on any atom is 0.223 e. The lowest BCUT2D eigenvalue weighted by atomic mass is 9.86. The summed E-state index contributed by atoms with van der Waals surface area (Å²) in [7, 11) is 0. The van der Waals surface area contributed by atoms with Gasteiger partial charge in [-0.3, -0.25) is 4.79 Å². The van der Waals surface area contributed by atoms with Crippen LogP contribution in [0, 0.1) is 23.7 Å². The van der Waals surface area contributed by atoms with Crippen LogP contribution < -0.4 is 5.32 Å². The van der Waals surface area contributed by atoms with Crippen LogP contribution in [0.25, 0.3) is 0 Å². The number of rotatable bonds is 3. The number of hydrogen-bond acceptors (Lipinski definition) is 2. The van der Waals surface area contributed by atoms with Crippen LogP contribution in [0.2, 0.25) is 0 Å². The summed E-state index contributed by atoms with van der Waals surface area (Å²) in [4.78, 5) is 12.1. The Kier molecular flexibility index (Phi) is 3.60. The summed E-state index contributed by atoms with van der Waals surface area (Å²) in [5, 5.41) is 13.0. The van der Waals surface area contributed by atoms with E-state index >= 15 is 0 Å². The maximum absolute atomic E-state index is 12.1.